The van der Waals surface area contributed by atoms with Gasteiger partial charge in [-0.15, -0.1) is 0 Å². The van der Waals surface area contributed by atoms with Crippen LogP contribution < -0.4 is 10.6 Å². The van der Waals surface area contributed by atoms with E-state index in [1.165, 1.54) is 12.4 Å². The van der Waals surface area contributed by atoms with Crippen LogP contribution in [0.3, 0.4) is 0 Å². The molecular formula is C18H19F2N5O. The van der Waals surface area contributed by atoms with Crippen LogP contribution >= 0.6 is 0 Å². The maximum atomic E-state index is 14.4. The third-order valence-corrected chi connectivity index (χ3v) is 4.97. The molecular weight excluding hydrogens is 340 g/mol. The SMILES string of the molecule is N=Cc1c(NC2CCCC2)ncnc1C1C(=O)Nc2ccc(F)c(F)c21.[HH]. The van der Waals surface area contributed by atoms with Crippen molar-refractivity contribution in [1.82, 2.24) is 9.97 Å². The highest BCUT2D eigenvalue weighted by atomic mass is 19.2. The molecule has 1 fully saturated rings. The number of carbonyl (C=O) groups is 1. The van der Waals surface area contributed by atoms with Crippen molar-refractivity contribution in [3.8, 4) is 0 Å². The Morgan fingerprint density at radius 2 is 2.04 bits per heavy atom. The minimum absolute atomic E-state index is 0. The van der Waals surface area contributed by atoms with Gasteiger partial charge >= 0.3 is 0 Å². The van der Waals surface area contributed by atoms with E-state index in [0.29, 0.717) is 11.4 Å². The van der Waals surface area contributed by atoms with Crippen LogP contribution in [0.4, 0.5) is 20.3 Å². The van der Waals surface area contributed by atoms with Crippen molar-refractivity contribution < 1.29 is 15.0 Å². The molecule has 6 nitrogen and oxygen atoms in total. The molecule has 3 N–H and O–H groups in total. The van der Waals surface area contributed by atoms with E-state index in [1.54, 1.807) is 0 Å². The molecule has 1 amide bonds. The highest BCUT2D eigenvalue weighted by Gasteiger charge is 2.38. The largest absolute Gasteiger partial charge is 0.367 e. The summed E-state index contributed by atoms with van der Waals surface area (Å²) in [5, 5.41) is 13.6. The summed E-state index contributed by atoms with van der Waals surface area (Å²) < 4.78 is 28.1. The van der Waals surface area contributed by atoms with Gasteiger partial charge in [-0.2, -0.15) is 0 Å². The number of amides is 1. The van der Waals surface area contributed by atoms with Crippen LogP contribution in [0, 0.1) is 17.0 Å². The molecule has 0 saturated heterocycles. The van der Waals surface area contributed by atoms with Crippen LogP contribution in [0.2, 0.25) is 0 Å². The molecule has 1 saturated carbocycles. The van der Waals surface area contributed by atoms with Crippen LogP contribution in [0.25, 0.3) is 0 Å². The van der Waals surface area contributed by atoms with Crippen molar-refractivity contribution in [2.45, 2.75) is 37.6 Å². The molecule has 26 heavy (non-hydrogen) atoms. The van der Waals surface area contributed by atoms with Gasteiger partial charge in [0.1, 0.15) is 18.1 Å². The van der Waals surface area contributed by atoms with E-state index in [4.69, 9.17) is 5.41 Å². The highest BCUT2D eigenvalue weighted by molar-refractivity contribution is 6.06. The standard InChI is InChI=1S/C18H17F2N5O.H2/c19-11-5-6-12-13(15(11)20)14(18(26)25-12)16-10(7-21)17(23-8-22-16)24-9-3-1-2-4-9;/h5-9,14,21H,1-4H2,(H,25,26)(H,22,23,24);1H. The zero-order chi connectivity index (χ0) is 18.3. The lowest BCUT2D eigenvalue weighted by Crippen LogP contribution is -2.21. The van der Waals surface area contributed by atoms with Gasteiger partial charge in [-0.25, -0.2) is 18.7 Å². The van der Waals surface area contributed by atoms with E-state index in [2.05, 4.69) is 20.6 Å². The third kappa shape index (κ3) is 2.61. The first-order valence-electron chi connectivity index (χ1n) is 8.50. The molecule has 1 aliphatic carbocycles. The second-order valence-electron chi connectivity index (χ2n) is 6.54. The molecule has 136 valence electrons. The molecule has 1 aromatic carbocycles. The lowest BCUT2D eigenvalue weighted by Gasteiger charge is -2.18. The Morgan fingerprint density at radius 3 is 2.77 bits per heavy atom. The highest BCUT2D eigenvalue weighted by Crippen LogP contribution is 2.40. The van der Waals surface area contributed by atoms with Crippen LogP contribution in [-0.4, -0.2) is 28.1 Å². The minimum Gasteiger partial charge on any atom is -0.367 e. The van der Waals surface area contributed by atoms with Crippen molar-refractivity contribution >= 4 is 23.6 Å². The van der Waals surface area contributed by atoms with Gasteiger partial charge in [-0.3, -0.25) is 4.79 Å². The summed E-state index contributed by atoms with van der Waals surface area (Å²) in [6.45, 7) is 0. The lowest BCUT2D eigenvalue weighted by atomic mass is 9.93. The van der Waals surface area contributed by atoms with E-state index in [-0.39, 0.29) is 24.4 Å². The molecule has 4 rings (SSSR count). The molecule has 2 aromatic rings. The Labute approximate surface area is 150 Å². The molecule has 1 aromatic heterocycles. The lowest BCUT2D eigenvalue weighted by molar-refractivity contribution is -0.116. The molecule has 1 atom stereocenters. The number of anilines is 2. The number of hydrogen-bond donors (Lipinski definition) is 3. The summed E-state index contributed by atoms with van der Waals surface area (Å²) in [6, 6.07) is 2.55. The van der Waals surface area contributed by atoms with Crippen molar-refractivity contribution in [3.05, 3.63) is 46.9 Å². The van der Waals surface area contributed by atoms with Gasteiger partial charge in [0.05, 0.1) is 11.3 Å². The average Bonchev–Trinajstić information content (AvgIpc) is 3.25. The van der Waals surface area contributed by atoms with Crippen molar-refractivity contribution in [1.29, 1.82) is 5.41 Å². The van der Waals surface area contributed by atoms with Gasteiger partial charge in [0.25, 0.3) is 0 Å². The summed E-state index contributed by atoms with van der Waals surface area (Å²) >= 11 is 0. The molecule has 0 radical (unpaired) electrons. The van der Waals surface area contributed by atoms with Crippen LogP contribution in [-0.2, 0) is 4.79 Å². The van der Waals surface area contributed by atoms with E-state index in [9.17, 15) is 13.6 Å². The van der Waals surface area contributed by atoms with E-state index in [1.807, 2.05) is 0 Å². The summed E-state index contributed by atoms with van der Waals surface area (Å²) in [6.07, 6.45) is 6.58. The predicted octanol–water partition coefficient (Wildman–Crippen LogP) is 3.44. The maximum absolute atomic E-state index is 14.4. The Bertz CT molecular complexity index is 902. The van der Waals surface area contributed by atoms with E-state index < -0.39 is 23.5 Å². The van der Waals surface area contributed by atoms with Gasteiger partial charge in [0.2, 0.25) is 5.91 Å². The van der Waals surface area contributed by atoms with Gasteiger partial charge in [0.15, 0.2) is 11.6 Å². The summed E-state index contributed by atoms with van der Waals surface area (Å²) in [5.74, 6) is -3.29. The van der Waals surface area contributed by atoms with Crippen LogP contribution in [0.15, 0.2) is 18.5 Å². The predicted molar refractivity (Wildman–Crippen MR) is 94.7 cm³/mol. The van der Waals surface area contributed by atoms with Gasteiger partial charge in [-0.05, 0) is 25.0 Å². The summed E-state index contributed by atoms with van der Waals surface area (Å²) in [5.41, 5.74) is 0.648. The molecule has 8 heteroatoms. The van der Waals surface area contributed by atoms with E-state index >= 15 is 0 Å². The Morgan fingerprint density at radius 1 is 1.27 bits per heavy atom. The first-order valence-corrected chi connectivity index (χ1v) is 8.50. The number of rotatable bonds is 4. The zero-order valence-corrected chi connectivity index (χ0v) is 13.9. The smallest absolute Gasteiger partial charge is 0.238 e. The Balaban J connectivity index is 0.00000210. The molecule has 2 aliphatic rings. The second-order valence-corrected chi connectivity index (χ2v) is 6.54. The minimum atomic E-state index is -1.12. The normalized spacial score (nSPS) is 19.3. The molecule has 1 aliphatic heterocycles. The number of fused-ring (bicyclic) bond motifs is 1. The van der Waals surface area contributed by atoms with Crippen molar-refractivity contribution in [3.63, 3.8) is 0 Å². The van der Waals surface area contributed by atoms with Crippen LogP contribution in [0.5, 0.6) is 0 Å². The number of nitrogens with zero attached hydrogens (tertiary/aromatic N) is 2. The molecule has 0 bridgehead atoms. The van der Waals surface area contributed by atoms with Crippen LogP contribution in [0.1, 0.15) is 49.8 Å². The fraction of sp³-hybridized carbons (Fsp3) is 0.333. The van der Waals surface area contributed by atoms with Crippen molar-refractivity contribution in [2.75, 3.05) is 10.6 Å². The van der Waals surface area contributed by atoms with Gasteiger partial charge in [0, 0.05) is 24.9 Å². The topological polar surface area (TPSA) is 90.8 Å². The van der Waals surface area contributed by atoms with Gasteiger partial charge in [-0.1, -0.05) is 12.8 Å². The number of aromatic nitrogens is 2. The summed E-state index contributed by atoms with van der Waals surface area (Å²) in [7, 11) is 0. The zero-order valence-electron chi connectivity index (χ0n) is 13.9. The van der Waals surface area contributed by atoms with Gasteiger partial charge < -0.3 is 16.0 Å². The number of benzene rings is 1. The molecule has 1 unspecified atom stereocenters. The fourth-order valence-corrected chi connectivity index (χ4v) is 3.71. The molecule has 2 heterocycles. The van der Waals surface area contributed by atoms with Crippen molar-refractivity contribution in [2.24, 2.45) is 0 Å². The Kier molecular flexibility index (Phi) is 4.10. The monoisotopic (exact) mass is 359 g/mol. The summed E-state index contributed by atoms with van der Waals surface area (Å²) in [4.78, 5) is 20.8. The number of nitrogens with one attached hydrogen (secondary N) is 3. The molecule has 0 spiro atoms. The average molecular weight is 359 g/mol. The number of carbonyl (C=O) groups excluding carboxylic acids is 1. The second kappa shape index (κ2) is 6.44. The number of hydrogen-bond acceptors (Lipinski definition) is 5. The Hall–Kier alpha value is -2.90. The first kappa shape index (κ1) is 16.6. The first-order chi connectivity index (χ1) is 12.6. The third-order valence-electron chi connectivity index (χ3n) is 4.97. The van der Waals surface area contributed by atoms with E-state index in [0.717, 1.165) is 38.0 Å². The maximum Gasteiger partial charge on any atom is 0.238 e. The number of halogens is 2. The quantitative estimate of drug-likeness (QED) is 0.730. The fourth-order valence-electron chi connectivity index (χ4n) is 3.71.